The third-order valence-electron chi connectivity index (χ3n) is 7.12. The van der Waals surface area contributed by atoms with Crippen LogP contribution in [-0.2, 0) is 0 Å². The summed E-state index contributed by atoms with van der Waals surface area (Å²) < 4.78 is 0. The van der Waals surface area contributed by atoms with Gasteiger partial charge in [0.15, 0.2) is 0 Å². The fraction of sp³-hybridized carbons (Fsp3) is 0.538. The predicted octanol–water partition coefficient (Wildman–Crippen LogP) is 5.01. The molecule has 2 aromatic rings. The Morgan fingerprint density at radius 3 is 1.43 bits per heavy atom. The van der Waals surface area contributed by atoms with Gasteiger partial charge in [0, 0.05) is 63.5 Å². The highest BCUT2D eigenvalue weighted by molar-refractivity contribution is 5.48. The molecule has 1 saturated heterocycles. The average molecular weight is 410 g/mol. The van der Waals surface area contributed by atoms with Crippen molar-refractivity contribution in [2.75, 3.05) is 38.0 Å². The molecule has 30 heavy (non-hydrogen) atoms. The van der Waals surface area contributed by atoms with Gasteiger partial charge in [-0.05, 0) is 41.8 Å². The van der Waals surface area contributed by atoms with E-state index >= 15 is 0 Å². The van der Waals surface area contributed by atoms with E-state index in [-0.39, 0.29) is 23.9 Å². The molecule has 3 rings (SSSR count). The van der Waals surface area contributed by atoms with Crippen LogP contribution in [0, 0.1) is 11.8 Å². The van der Waals surface area contributed by atoms with Crippen LogP contribution in [0.25, 0.3) is 0 Å². The second-order valence-corrected chi connectivity index (χ2v) is 9.41. The number of anilines is 2. The monoisotopic (exact) mass is 409 g/mol. The van der Waals surface area contributed by atoms with Gasteiger partial charge in [0.25, 0.3) is 0 Å². The first-order valence-corrected chi connectivity index (χ1v) is 11.2. The summed E-state index contributed by atoms with van der Waals surface area (Å²) in [7, 11) is 8.24. The lowest BCUT2D eigenvalue weighted by Gasteiger charge is -2.52. The van der Waals surface area contributed by atoms with Gasteiger partial charge >= 0.3 is 0 Å². The zero-order valence-corrected chi connectivity index (χ0v) is 19.7. The summed E-state index contributed by atoms with van der Waals surface area (Å²) in [4.78, 5) is 4.23. The lowest BCUT2D eigenvalue weighted by molar-refractivity contribution is -0.116. The van der Waals surface area contributed by atoms with Crippen molar-refractivity contribution in [3.8, 4) is 0 Å². The van der Waals surface area contributed by atoms with Crippen molar-refractivity contribution < 1.29 is 5.11 Å². The molecule has 4 nitrogen and oxygen atoms in total. The molecule has 0 saturated carbocycles. The van der Waals surface area contributed by atoms with Gasteiger partial charge in [-0.25, -0.2) is 0 Å². The minimum Gasteiger partial charge on any atom is -0.389 e. The minimum absolute atomic E-state index is 0.104. The molecule has 0 radical (unpaired) electrons. The Hall–Kier alpha value is -2.04. The van der Waals surface area contributed by atoms with E-state index in [1.807, 2.05) is 0 Å². The summed E-state index contributed by atoms with van der Waals surface area (Å²) in [5.74, 6) is 0.241. The summed E-state index contributed by atoms with van der Waals surface area (Å²) in [5.41, 5.74) is 4.15. The van der Waals surface area contributed by atoms with Crippen molar-refractivity contribution in [3.05, 3.63) is 59.7 Å². The zero-order valence-electron chi connectivity index (χ0n) is 19.7. The number of piperidine rings is 1. The molecule has 2 aromatic carbocycles. The molecule has 164 valence electrons. The van der Waals surface area contributed by atoms with Crippen LogP contribution in [0.3, 0.4) is 0 Å². The highest BCUT2D eigenvalue weighted by Gasteiger charge is 2.50. The number of nitrogens with zero attached hydrogens (tertiary/aromatic N) is 2. The van der Waals surface area contributed by atoms with Gasteiger partial charge in [0.1, 0.15) is 0 Å². The Labute approximate surface area is 182 Å². The highest BCUT2D eigenvalue weighted by atomic mass is 16.3. The Kier molecular flexibility index (Phi) is 6.78. The van der Waals surface area contributed by atoms with Gasteiger partial charge in [-0.15, -0.1) is 0 Å². The number of aliphatic hydroxyl groups is 1. The summed E-state index contributed by atoms with van der Waals surface area (Å²) in [6.07, 6.45) is 1.79. The van der Waals surface area contributed by atoms with Crippen molar-refractivity contribution in [1.29, 1.82) is 0 Å². The third kappa shape index (κ3) is 4.21. The fourth-order valence-electron chi connectivity index (χ4n) is 5.06. The summed E-state index contributed by atoms with van der Waals surface area (Å²) in [6, 6.07) is 17.7. The SMILES string of the molecule is CCCC1(O)[C@H](C)[C@H](c2ccc(N(C)C)cc2)N[C@H](c2ccc(N(C)C)cc2)[C@@H]1C. The number of rotatable bonds is 6. The molecule has 1 aliphatic heterocycles. The largest absolute Gasteiger partial charge is 0.389 e. The van der Waals surface area contributed by atoms with Crippen LogP contribution in [0.1, 0.15) is 56.8 Å². The second kappa shape index (κ2) is 8.99. The molecule has 1 fully saturated rings. The normalized spacial score (nSPS) is 28.9. The van der Waals surface area contributed by atoms with Gasteiger partial charge in [0.05, 0.1) is 5.60 Å². The van der Waals surface area contributed by atoms with E-state index in [0.717, 1.165) is 12.8 Å². The highest BCUT2D eigenvalue weighted by Crippen LogP contribution is 2.49. The predicted molar refractivity (Wildman–Crippen MR) is 128 cm³/mol. The van der Waals surface area contributed by atoms with Crippen LogP contribution >= 0.6 is 0 Å². The molecule has 2 N–H and O–H groups in total. The quantitative estimate of drug-likeness (QED) is 0.704. The molecule has 4 heteroatoms. The Bertz CT molecular complexity index is 750. The van der Waals surface area contributed by atoms with Crippen LogP contribution in [0.15, 0.2) is 48.5 Å². The first kappa shape index (κ1) is 22.6. The number of benzene rings is 2. The van der Waals surface area contributed by atoms with Crippen molar-refractivity contribution in [2.24, 2.45) is 11.8 Å². The van der Waals surface area contributed by atoms with E-state index in [9.17, 15) is 5.11 Å². The molecule has 0 aromatic heterocycles. The van der Waals surface area contributed by atoms with E-state index in [4.69, 9.17) is 0 Å². The molecule has 1 aliphatic rings. The van der Waals surface area contributed by atoms with Crippen LogP contribution in [0.2, 0.25) is 0 Å². The number of hydrogen-bond acceptors (Lipinski definition) is 4. The van der Waals surface area contributed by atoms with Gasteiger partial charge in [0.2, 0.25) is 0 Å². The molecular formula is C26H39N3O. The van der Waals surface area contributed by atoms with Gasteiger partial charge in [-0.2, -0.15) is 0 Å². The first-order chi connectivity index (χ1) is 14.2. The first-order valence-electron chi connectivity index (χ1n) is 11.2. The molecule has 0 bridgehead atoms. The standard InChI is InChI=1S/C26H39N3O/c1-8-17-26(30)18(2)24(20-9-13-22(14-10-20)28(4)5)27-25(19(26)3)21-11-15-23(16-12-21)29(6)7/h9-16,18-19,24-25,27,30H,8,17H2,1-7H3/t18-,19+,24-,25+,26?. The van der Waals surface area contributed by atoms with Gasteiger partial charge < -0.3 is 20.2 Å². The maximum atomic E-state index is 11.9. The van der Waals surface area contributed by atoms with E-state index in [1.54, 1.807) is 0 Å². The fourth-order valence-corrected chi connectivity index (χ4v) is 5.06. The Morgan fingerprint density at radius 2 is 1.13 bits per heavy atom. The van der Waals surface area contributed by atoms with Crippen LogP contribution in [0.4, 0.5) is 11.4 Å². The molecule has 1 unspecified atom stereocenters. The maximum absolute atomic E-state index is 11.9. The van der Waals surface area contributed by atoms with E-state index < -0.39 is 5.60 Å². The summed E-state index contributed by atoms with van der Waals surface area (Å²) in [5, 5.41) is 15.8. The smallest absolute Gasteiger partial charge is 0.0734 e. The number of nitrogens with one attached hydrogen (secondary N) is 1. The Balaban J connectivity index is 1.98. The van der Waals surface area contributed by atoms with E-state index in [0.29, 0.717) is 0 Å². The van der Waals surface area contributed by atoms with Gasteiger partial charge in [-0.3, -0.25) is 0 Å². The lowest BCUT2D eigenvalue weighted by atomic mass is 9.64. The molecular weight excluding hydrogens is 370 g/mol. The molecule has 5 atom stereocenters. The zero-order chi connectivity index (χ0) is 22.1. The minimum atomic E-state index is -0.713. The molecule has 0 spiro atoms. The van der Waals surface area contributed by atoms with Crippen molar-refractivity contribution >= 4 is 11.4 Å². The number of hydrogen-bond donors (Lipinski definition) is 2. The molecule has 0 amide bonds. The topological polar surface area (TPSA) is 38.7 Å². The maximum Gasteiger partial charge on any atom is 0.0734 e. The summed E-state index contributed by atoms with van der Waals surface area (Å²) >= 11 is 0. The average Bonchev–Trinajstić information content (AvgIpc) is 2.73. The van der Waals surface area contributed by atoms with Crippen molar-refractivity contribution in [2.45, 2.75) is 51.3 Å². The van der Waals surface area contributed by atoms with Crippen LogP contribution < -0.4 is 15.1 Å². The summed E-state index contributed by atoms with van der Waals surface area (Å²) in [6.45, 7) is 6.57. The van der Waals surface area contributed by atoms with E-state index in [2.05, 4.69) is 113 Å². The lowest BCUT2D eigenvalue weighted by Crippen LogP contribution is -2.57. The van der Waals surface area contributed by atoms with Crippen molar-refractivity contribution in [1.82, 2.24) is 5.32 Å². The molecule has 1 heterocycles. The van der Waals surface area contributed by atoms with Crippen molar-refractivity contribution in [3.63, 3.8) is 0 Å². The third-order valence-corrected chi connectivity index (χ3v) is 7.12. The molecule has 0 aliphatic carbocycles. The Morgan fingerprint density at radius 1 is 0.767 bits per heavy atom. The van der Waals surface area contributed by atoms with Crippen LogP contribution in [-0.4, -0.2) is 38.9 Å². The second-order valence-electron chi connectivity index (χ2n) is 9.41. The van der Waals surface area contributed by atoms with E-state index in [1.165, 1.54) is 22.5 Å². The van der Waals surface area contributed by atoms with Gasteiger partial charge in [-0.1, -0.05) is 51.5 Å². The van der Waals surface area contributed by atoms with Crippen LogP contribution in [0.5, 0.6) is 0 Å².